The Labute approximate surface area is 163 Å². The largest absolute Gasteiger partial charge is 0.496 e. The van der Waals surface area contributed by atoms with Crippen LogP contribution in [0.5, 0.6) is 5.75 Å². The number of nitro groups is 1. The molecule has 2 aromatic carbocycles. The minimum absolute atomic E-state index is 0.0446. The van der Waals surface area contributed by atoms with Gasteiger partial charge in [0.15, 0.2) is 0 Å². The summed E-state index contributed by atoms with van der Waals surface area (Å²) in [5.74, 6) is 1.34. The molecule has 1 heterocycles. The van der Waals surface area contributed by atoms with Gasteiger partial charge in [-0.1, -0.05) is 6.07 Å². The number of thioether (sulfide) groups is 1. The number of halogens is 1. The molecule has 7 nitrogen and oxygen atoms in total. The first-order valence-corrected chi connectivity index (χ1v) is 10.8. The highest BCUT2D eigenvalue weighted by Crippen LogP contribution is 2.43. The summed E-state index contributed by atoms with van der Waals surface area (Å²) in [5, 5.41) is 10.4. The molecule has 10 heteroatoms. The fraction of sp³-hybridized carbons (Fsp3) is 0.250. The second kappa shape index (κ2) is 7.55. The van der Waals surface area contributed by atoms with E-state index in [0.29, 0.717) is 18.0 Å². The number of hydrogen-bond donors (Lipinski definition) is 0. The van der Waals surface area contributed by atoms with Gasteiger partial charge in [0.05, 0.1) is 26.8 Å². The normalized spacial score (nSPS) is 18.0. The van der Waals surface area contributed by atoms with Gasteiger partial charge in [-0.15, -0.1) is 11.8 Å². The van der Waals surface area contributed by atoms with Crippen LogP contribution in [0.3, 0.4) is 0 Å². The fourth-order valence-corrected chi connectivity index (χ4v) is 6.46. The Hall–Kier alpha value is -1.62. The predicted octanol–water partition coefficient (Wildman–Crippen LogP) is 3.80. The lowest BCUT2D eigenvalue weighted by atomic mass is 10.2. The number of non-ortho nitro benzene ring substituents is 1. The van der Waals surface area contributed by atoms with Crippen molar-refractivity contribution in [2.45, 2.75) is 10.3 Å². The molecular weight excluding hydrogens is 444 g/mol. The van der Waals surface area contributed by atoms with Gasteiger partial charge in [0.1, 0.15) is 5.75 Å². The van der Waals surface area contributed by atoms with Crippen molar-refractivity contribution in [1.82, 2.24) is 4.31 Å². The molecule has 0 radical (unpaired) electrons. The monoisotopic (exact) mass is 458 g/mol. The Morgan fingerprint density at radius 1 is 1.27 bits per heavy atom. The van der Waals surface area contributed by atoms with Crippen molar-refractivity contribution in [1.29, 1.82) is 0 Å². The van der Waals surface area contributed by atoms with Crippen LogP contribution in [-0.4, -0.2) is 37.1 Å². The van der Waals surface area contributed by atoms with E-state index in [4.69, 9.17) is 4.74 Å². The third kappa shape index (κ3) is 3.59. The average molecular weight is 459 g/mol. The summed E-state index contributed by atoms with van der Waals surface area (Å²) in [6.07, 6.45) is 0. The molecule has 0 aromatic heterocycles. The van der Waals surface area contributed by atoms with Crippen LogP contribution in [-0.2, 0) is 10.0 Å². The van der Waals surface area contributed by atoms with E-state index in [0.717, 1.165) is 10.0 Å². The van der Waals surface area contributed by atoms with Gasteiger partial charge in [0.25, 0.3) is 5.69 Å². The first-order chi connectivity index (χ1) is 12.3. The third-order valence-electron chi connectivity index (χ3n) is 3.96. The quantitative estimate of drug-likeness (QED) is 0.499. The van der Waals surface area contributed by atoms with Crippen molar-refractivity contribution >= 4 is 43.4 Å². The molecule has 138 valence electrons. The van der Waals surface area contributed by atoms with Crippen molar-refractivity contribution in [3.05, 3.63) is 62.6 Å². The van der Waals surface area contributed by atoms with Crippen molar-refractivity contribution in [2.24, 2.45) is 0 Å². The highest BCUT2D eigenvalue weighted by Gasteiger charge is 2.37. The molecule has 1 saturated heterocycles. The van der Waals surface area contributed by atoms with Crippen LogP contribution in [0.25, 0.3) is 0 Å². The number of nitro benzene ring substituents is 1. The summed E-state index contributed by atoms with van der Waals surface area (Å²) < 4.78 is 33.4. The Bertz CT molecular complexity index is 934. The van der Waals surface area contributed by atoms with Gasteiger partial charge < -0.3 is 4.74 Å². The summed E-state index contributed by atoms with van der Waals surface area (Å²) in [6, 6.07) is 10.4. The van der Waals surface area contributed by atoms with E-state index in [-0.39, 0.29) is 16.0 Å². The zero-order chi connectivity index (χ0) is 18.9. The standard InChI is InChI=1S/C16H15BrN2O5S2/c1-24-15-7-2-11(10-14(15)17)16-18(8-9-25-16)26(22,23)13-5-3-12(4-6-13)19(20)21/h2-7,10,16H,8-9H2,1H3. The molecule has 0 amide bonds. The number of ether oxygens (including phenoxy) is 1. The summed E-state index contributed by atoms with van der Waals surface area (Å²) in [4.78, 5) is 10.3. The molecule has 2 aromatic rings. The minimum Gasteiger partial charge on any atom is -0.496 e. The SMILES string of the molecule is COc1ccc(C2SCCN2S(=O)(=O)c2ccc([N+](=O)[O-])cc2)cc1Br. The molecule has 1 atom stereocenters. The number of rotatable bonds is 5. The van der Waals surface area contributed by atoms with Crippen LogP contribution in [0.15, 0.2) is 51.8 Å². The molecule has 1 aliphatic heterocycles. The molecule has 0 N–H and O–H groups in total. The average Bonchev–Trinajstić information content (AvgIpc) is 3.12. The molecule has 1 fully saturated rings. The lowest BCUT2D eigenvalue weighted by Crippen LogP contribution is -2.30. The van der Waals surface area contributed by atoms with Crippen molar-refractivity contribution in [3.63, 3.8) is 0 Å². The smallest absolute Gasteiger partial charge is 0.269 e. The molecule has 0 spiro atoms. The molecule has 3 rings (SSSR count). The van der Waals surface area contributed by atoms with E-state index in [2.05, 4.69) is 15.9 Å². The topological polar surface area (TPSA) is 89.8 Å². The van der Waals surface area contributed by atoms with E-state index in [1.165, 1.54) is 40.3 Å². The first-order valence-electron chi connectivity index (χ1n) is 7.56. The van der Waals surface area contributed by atoms with Gasteiger partial charge in [-0.2, -0.15) is 4.31 Å². The van der Waals surface area contributed by atoms with E-state index in [9.17, 15) is 18.5 Å². The lowest BCUT2D eigenvalue weighted by Gasteiger charge is -2.24. The number of sulfonamides is 1. The summed E-state index contributed by atoms with van der Waals surface area (Å²) >= 11 is 4.96. The highest BCUT2D eigenvalue weighted by molar-refractivity contribution is 9.10. The van der Waals surface area contributed by atoms with Gasteiger partial charge in [0, 0.05) is 24.4 Å². The lowest BCUT2D eigenvalue weighted by molar-refractivity contribution is -0.384. The number of hydrogen-bond acceptors (Lipinski definition) is 6. The second-order valence-electron chi connectivity index (χ2n) is 5.48. The van der Waals surface area contributed by atoms with E-state index in [1.54, 1.807) is 13.2 Å². The Balaban J connectivity index is 1.93. The molecule has 1 aliphatic rings. The van der Waals surface area contributed by atoms with Gasteiger partial charge in [-0.3, -0.25) is 10.1 Å². The van der Waals surface area contributed by atoms with Crippen LogP contribution in [0.4, 0.5) is 5.69 Å². The highest BCUT2D eigenvalue weighted by atomic mass is 79.9. The fourth-order valence-electron chi connectivity index (χ4n) is 2.67. The predicted molar refractivity (Wildman–Crippen MR) is 103 cm³/mol. The van der Waals surface area contributed by atoms with Crippen LogP contribution in [0, 0.1) is 10.1 Å². The van der Waals surface area contributed by atoms with Crippen molar-refractivity contribution < 1.29 is 18.1 Å². The maximum atomic E-state index is 13.0. The summed E-state index contributed by atoms with van der Waals surface area (Å²) in [7, 11) is -2.20. The van der Waals surface area contributed by atoms with Gasteiger partial charge in [-0.25, -0.2) is 8.42 Å². The number of methoxy groups -OCH3 is 1. The van der Waals surface area contributed by atoms with E-state index < -0.39 is 14.9 Å². The molecule has 0 saturated carbocycles. The zero-order valence-electron chi connectivity index (χ0n) is 13.7. The Kier molecular flexibility index (Phi) is 5.56. The van der Waals surface area contributed by atoms with Crippen molar-refractivity contribution in [2.75, 3.05) is 19.4 Å². The van der Waals surface area contributed by atoms with Crippen LogP contribution in [0.2, 0.25) is 0 Å². The molecular formula is C16H15BrN2O5S2. The maximum absolute atomic E-state index is 13.0. The van der Waals surface area contributed by atoms with Crippen LogP contribution < -0.4 is 4.74 Å². The Morgan fingerprint density at radius 3 is 2.54 bits per heavy atom. The first kappa shape index (κ1) is 19.2. The van der Waals surface area contributed by atoms with Crippen molar-refractivity contribution in [3.8, 4) is 5.75 Å². The molecule has 0 aliphatic carbocycles. The summed E-state index contributed by atoms with van der Waals surface area (Å²) in [6.45, 7) is 0.373. The minimum atomic E-state index is -3.76. The zero-order valence-corrected chi connectivity index (χ0v) is 16.9. The summed E-state index contributed by atoms with van der Waals surface area (Å²) in [5.41, 5.74) is 0.695. The van der Waals surface area contributed by atoms with Gasteiger partial charge in [-0.05, 0) is 45.8 Å². The van der Waals surface area contributed by atoms with Crippen LogP contribution in [0.1, 0.15) is 10.9 Å². The molecule has 26 heavy (non-hydrogen) atoms. The number of benzene rings is 2. The van der Waals surface area contributed by atoms with Gasteiger partial charge >= 0.3 is 0 Å². The molecule has 1 unspecified atom stereocenters. The number of nitrogens with zero attached hydrogens (tertiary/aromatic N) is 2. The molecule has 0 bridgehead atoms. The Morgan fingerprint density at radius 2 is 1.96 bits per heavy atom. The van der Waals surface area contributed by atoms with E-state index >= 15 is 0 Å². The van der Waals surface area contributed by atoms with E-state index in [1.807, 2.05) is 12.1 Å². The van der Waals surface area contributed by atoms with Gasteiger partial charge in [0.2, 0.25) is 10.0 Å². The third-order valence-corrected chi connectivity index (χ3v) is 7.86. The maximum Gasteiger partial charge on any atom is 0.269 e. The second-order valence-corrected chi connectivity index (χ2v) is 9.42. The van der Waals surface area contributed by atoms with Crippen LogP contribution >= 0.6 is 27.7 Å².